The molecule has 0 aliphatic rings. The molecule has 210 valence electrons. The van der Waals surface area contributed by atoms with Crippen LogP contribution >= 0.6 is 0 Å². The van der Waals surface area contributed by atoms with Gasteiger partial charge in [-0.15, -0.1) is 0 Å². The average molecular weight is 539 g/mol. The topological polar surface area (TPSA) is 69.5 Å². The Morgan fingerprint density at radius 3 is 1.75 bits per heavy atom. The Morgan fingerprint density at radius 1 is 0.650 bits per heavy atom. The number of rotatable bonds is 8. The van der Waals surface area contributed by atoms with E-state index < -0.39 is 5.97 Å². The zero-order valence-corrected chi connectivity index (χ0v) is 24.3. The van der Waals surface area contributed by atoms with Crippen molar-refractivity contribution in [3.05, 3.63) is 137 Å². The first-order valence-corrected chi connectivity index (χ1v) is 13.5. The van der Waals surface area contributed by atoms with Gasteiger partial charge < -0.3 is 24.9 Å². The molecular formula is C35H42N2O3. The van der Waals surface area contributed by atoms with Gasteiger partial charge in [0.05, 0.1) is 0 Å². The van der Waals surface area contributed by atoms with Crippen LogP contribution in [-0.4, -0.2) is 32.3 Å². The molecule has 4 aromatic carbocycles. The molecule has 0 aliphatic heterocycles. The average Bonchev–Trinajstić information content (AvgIpc) is 3.32. The lowest BCUT2D eigenvalue weighted by molar-refractivity contribution is -0.340. The summed E-state index contributed by atoms with van der Waals surface area (Å²) >= 11 is 0. The highest BCUT2D eigenvalue weighted by Crippen LogP contribution is 2.24. The number of hydrogen-bond donors (Lipinski definition) is 2. The Bertz CT molecular complexity index is 1400. The molecule has 0 unspecified atom stereocenters. The number of para-hydroxylation sites is 2. The third kappa shape index (κ3) is 9.09. The van der Waals surface area contributed by atoms with E-state index in [2.05, 4.69) is 96.8 Å². The van der Waals surface area contributed by atoms with Gasteiger partial charge in [-0.2, -0.15) is 0 Å². The maximum absolute atomic E-state index is 5.88. The summed E-state index contributed by atoms with van der Waals surface area (Å²) in [5, 5.41) is 1.34. The highest BCUT2D eigenvalue weighted by molar-refractivity contribution is 5.84. The lowest BCUT2D eigenvalue weighted by atomic mass is 10.0. The fourth-order valence-corrected chi connectivity index (χ4v) is 4.30. The number of aromatic amines is 1. The van der Waals surface area contributed by atoms with Crippen LogP contribution in [0.25, 0.3) is 10.9 Å². The van der Waals surface area contributed by atoms with E-state index in [1.165, 1.54) is 60.2 Å². The third-order valence-corrected chi connectivity index (χ3v) is 6.94. The van der Waals surface area contributed by atoms with Crippen LogP contribution in [0.2, 0.25) is 0 Å². The van der Waals surface area contributed by atoms with Gasteiger partial charge in [0.25, 0.3) is 5.97 Å². The summed E-state index contributed by atoms with van der Waals surface area (Å²) in [6.45, 7) is 3.84. The van der Waals surface area contributed by atoms with Crippen LogP contribution in [0.4, 0.5) is 5.69 Å². The lowest BCUT2D eigenvalue weighted by Gasteiger charge is -2.23. The quantitative estimate of drug-likeness (QED) is 0.157. The maximum Gasteiger partial charge on any atom is 0.279 e. The zero-order valence-electron chi connectivity index (χ0n) is 24.3. The molecule has 5 aromatic rings. The highest BCUT2D eigenvalue weighted by Gasteiger charge is 2.20. The molecule has 0 saturated carbocycles. The van der Waals surface area contributed by atoms with Crippen LogP contribution in [0.15, 0.2) is 109 Å². The molecule has 0 aliphatic carbocycles. The minimum atomic E-state index is -0.875. The predicted octanol–water partition coefficient (Wildman–Crippen LogP) is 7.72. The van der Waals surface area contributed by atoms with E-state index in [0.29, 0.717) is 0 Å². The Balaban J connectivity index is 0.000000177. The van der Waals surface area contributed by atoms with Crippen LogP contribution < -0.4 is 5.73 Å². The van der Waals surface area contributed by atoms with Gasteiger partial charge in [-0.3, -0.25) is 0 Å². The number of aromatic nitrogens is 1. The van der Waals surface area contributed by atoms with Gasteiger partial charge in [0.15, 0.2) is 0 Å². The van der Waals surface area contributed by atoms with E-state index in [4.69, 9.17) is 19.9 Å². The summed E-state index contributed by atoms with van der Waals surface area (Å²) in [7, 11) is 4.56. The van der Waals surface area contributed by atoms with Gasteiger partial charge in [-0.05, 0) is 60.6 Å². The first kappa shape index (κ1) is 30.6. The molecular weight excluding hydrogens is 496 g/mol. The van der Waals surface area contributed by atoms with Crippen molar-refractivity contribution in [1.29, 1.82) is 0 Å². The molecule has 1 aromatic heterocycles. The van der Waals surface area contributed by atoms with Crippen molar-refractivity contribution < 1.29 is 14.2 Å². The number of nitrogens with one attached hydrogen (secondary N) is 1. The normalized spacial score (nSPS) is 10.8. The summed E-state index contributed by atoms with van der Waals surface area (Å²) in [4.78, 5) is 3.45. The first-order valence-electron chi connectivity index (χ1n) is 13.5. The van der Waals surface area contributed by atoms with Crippen molar-refractivity contribution in [2.45, 2.75) is 39.1 Å². The maximum atomic E-state index is 5.88. The number of methoxy groups -OCH3 is 3. The molecule has 0 saturated heterocycles. The van der Waals surface area contributed by atoms with E-state index in [-0.39, 0.29) is 0 Å². The Labute approximate surface area is 238 Å². The summed E-state index contributed by atoms with van der Waals surface area (Å²) < 4.78 is 14.4. The van der Waals surface area contributed by atoms with Crippen LogP contribution in [0.1, 0.15) is 34.9 Å². The van der Waals surface area contributed by atoms with Gasteiger partial charge in [0.1, 0.15) is 0 Å². The summed E-state index contributed by atoms with van der Waals surface area (Å²) in [6, 6.07) is 37.7. The predicted molar refractivity (Wildman–Crippen MR) is 166 cm³/mol. The molecule has 1 heterocycles. The van der Waals surface area contributed by atoms with Crippen molar-refractivity contribution in [2.75, 3.05) is 27.1 Å². The standard InChI is InChI=1S/C16H15N.C14H15N.C5H12O3/c1-12-15(11-13-7-3-2-4-8-13)14-9-5-6-10-16(14)17-12;15-14-9-5-4-8-13(14)11-10-12-6-2-1-3-7-12;1-5(6-2,7-3)8-4/h2-10,17H,11H2,1H3;1-9H,10-11,15H2;1-4H3. The van der Waals surface area contributed by atoms with Crippen molar-refractivity contribution >= 4 is 16.6 Å². The molecule has 0 spiro atoms. The van der Waals surface area contributed by atoms with E-state index in [0.717, 1.165) is 24.9 Å². The SMILES string of the molecule is COC(C)(OC)OC.Cc1[nH]c2ccccc2c1Cc1ccccc1.Nc1ccccc1CCc1ccccc1. The van der Waals surface area contributed by atoms with Gasteiger partial charge in [0.2, 0.25) is 0 Å². The largest absolute Gasteiger partial charge is 0.399 e. The Morgan fingerprint density at radius 2 is 1.18 bits per heavy atom. The van der Waals surface area contributed by atoms with Crippen molar-refractivity contribution in [2.24, 2.45) is 0 Å². The summed E-state index contributed by atoms with van der Waals surface area (Å²) in [6.07, 6.45) is 3.06. The number of anilines is 1. The monoisotopic (exact) mass is 538 g/mol. The van der Waals surface area contributed by atoms with Crippen LogP contribution in [0, 0.1) is 6.92 Å². The lowest BCUT2D eigenvalue weighted by Crippen LogP contribution is -2.31. The third-order valence-electron chi connectivity index (χ3n) is 6.94. The minimum absolute atomic E-state index is 0.875. The second kappa shape index (κ2) is 15.6. The van der Waals surface area contributed by atoms with Gasteiger partial charge >= 0.3 is 0 Å². The van der Waals surface area contributed by atoms with Crippen LogP contribution in [0.3, 0.4) is 0 Å². The van der Waals surface area contributed by atoms with E-state index >= 15 is 0 Å². The molecule has 0 bridgehead atoms. The van der Waals surface area contributed by atoms with E-state index in [1.54, 1.807) is 6.92 Å². The van der Waals surface area contributed by atoms with E-state index in [9.17, 15) is 0 Å². The molecule has 5 heteroatoms. The van der Waals surface area contributed by atoms with Crippen molar-refractivity contribution in [1.82, 2.24) is 4.98 Å². The van der Waals surface area contributed by atoms with Gasteiger partial charge in [-0.1, -0.05) is 97.1 Å². The molecule has 40 heavy (non-hydrogen) atoms. The molecule has 5 rings (SSSR count). The van der Waals surface area contributed by atoms with Crippen molar-refractivity contribution in [3.8, 4) is 0 Å². The van der Waals surface area contributed by atoms with Crippen LogP contribution in [0.5, 0.6) is 0 Å². The number of aryl methyl sites for hydroxylation is 3. The molecule has 3 N–H and O–H groups in total. The van der Waals surface area contributed by atoms with Crippen molar-refractivity contribution in [3.63, 3.8) is 0 Å². The second-order valence-corrected chi connectivity index (χ2v) is 9.60. The molecule has 5 nitrogen and oxygen atoms in total. The molecule has 0 amide bonds. The van der Waals surface area contributed by atoms with Gasteiger partial charge in [-0.25, -0.2) is 0 Å². The first-order chi connectivity index (χ1) is 19.4. The fourth-order valence-electron chi connectivity index (χ4n) is 4.30. The molecule has 0 radical (unpaired) electrons. The van der Waals surface area contributed by atoms with Gasteiger partial charge in [0, 0.05) is 50.5 Å². The zero-order chi connectivity index (χ0) is 28.8. The number of benzene rings is 4. The number of nitrogens with two attached hydrogens (primary N) is 1. The van der Waals surface area contributed by atoms with Crippen LogP contribution in [-0.2, 0) is 33.5 Å². The Hall–Kier alpha value is -3.90. The second-order valence-electron chi connectivity index (χ2n) is 9.60. The minimum Gasteiger partial charge on any atom is -0.399 e. The smallest absolute Gasteiger partial charge is 0.279 e. The molecule has 0 atom stereocenters. The number of H-pyrrole nitrogens is 1. The number of hydrogen-bond acceptors (Lipinski definition) is 4. The number of nitrogen functional groups attached to an aromatic ring is 1. The fraction of sp³-hybridized carbons (Fsp3) is 0.257. The van der Waals surface area contributed by atoms with E-state index in [1.807, 2.05) is 24.3 Å². The Kier molecular flexibility index (Phi) is 12.0. The summed E-state index contributed by atoms with van der Waals surface area (Å²) in [5.41, 5.74) is 14.7. The summed E-state index contributed by atoms with van der Waals surface area (Å²) in [5.74, 6) is -0.875. The number of ether oxygens (including phenoxy) is 3. The number of fused-ring (bicyclic) bond motifs is 1. The highest BCUT2D eigenvalue weighted by atomic mass is 16.9. The molecule has 0 fully saturated rings.